The lowest BCUT2D eigenvalue weighted by molar-refractivity contribution is -0.116. The molecule has 0 aliphatic carbocycles. The molecular formula is C22H15ClFN3O3. The zero-order valence-corrected chi connectivity index (χ0v) is 16.3. The predicted octanol–water partition coefficient (Wildman–Crippen LogP) is 4.62. The highest BCUT2D eigenvalue weighted by Crippen LogP contribution is 2.32. The van der Waals surface area contributed by atoms with Crippen LogP contribution in [0.1, 0.15) is 0 Å². The highest BCUT2D eigenvalue weighted by atomic mass is 35.5. The maximum atomic E-state index is 13.5. The summed E-state index contributed by atoms with van der Waals surface area (Å²) in [5.74, 6) is -0.0580. The summed E-state index contributed by atoms with van der Waals surface area (Å²) in [7, 11) is 0. The molecule has 0 radical (unpaired) electrons. The molecule has 0 saturated heterocycles. The Kier molecular flexibility index (Phi) is 5.45. The van der Waals surface area contributed by atoms with Crippen LogP contribution in [-0.2, 0) is 11.3 Å². The third kappa shape index (κ3) is 4.31. The number of fused-ring (bicyclic) bond motifs is 1. The van der Waals surface area contributed by atoms with Crippen LogP contribution in [0.25, 0.3) is 10.9 Å². The SMILES string of the molecule is O=C(Cn1cnc2ccc(F)cc2c1=O)Nc1cc(Cl)ccc1Oc1ccccc1. The van der Waals surface area contributed by atoms with E-state index in [2.05, 4.69) is 10.3 Å². The number of amides is 1. The Bertz CT molecular complexity index is 1290. The second-order valence-electron chi connectivity index (χ2n) is 6.44. The number of ether oxygens (including phenoxy) is 1. The highest BCUT2D eigenvalue weighted by Gasteiger charge is 2.13. The second kappa shape index (κ2) is 8.34. The first-order chi connectivity index (χ1) is 14.5. The number of benzene rings is 3. The smallest absolute Gasteiger partial charge is 0.261 e. The van der Waals surface area contributed by atoms with Crippen LogP contribution in [0.2, 0.25) is 5.02 Å². The van der Waals surface area contributed by atoms with Crippen LogP contribution in [0.3, 0.4) is 0 Å². The van der Waals surface area contributed by atoms with Crippen molar-refractivity contribution in [1.29, 1.82) is 0 Å². The van der Waals surface area contributed by atoms with E-state index in [0.29, 0.717) is 27.7 Å². The number of para-hydroxylation sites is 1. The van der Waals surface area contributed by atoms with E-state index in [4.69, 9.17) is 16.3 Å². The molecule has 0 aliphatic rings. The van der Waals surface area contributed by atoms with Crippen LogP contribution in [0.15, 0.2) is 77.9 Å². The van der Waals surface area contributed by atoms with E-state index < -0.39 is 17.3 Å². The van der Waals surface area contributed by atoms with E-state index in [1.54, 1.807) is 30.3 Å². The van der Waals surface area contributed by atoms with Gasteiger partial charge in [-0.1, -0.05) is 29.8 Å². The standard InChI is InChI=1S/C22H15ClFN3O3/c23-14-6-9-20(30-16-4-2-1-3-5-16)19(10-14)26-21(28)12-27-13-25-18-8-7-15(24)11-17(18)22(27)29/h1-11,13H,12H2,(H,26,28). The minimum atomic E-state index is -0.551. The van der Waals surface area contributed by atoms with Gasteiger partial charge in [-0.2, -0.15) is 0 Å². The largest absolute Gasteiger partial charge is 0.455 e. The van der Waals surface area contributed by atoms with Crippen LogP contribution >= 0.6 is 11.6 Å². The van der Waals surface area contributed by atoms with Crippen molar-refractivity contribution in [3.05, 3.63) is 94.3 Å². The molecule has 1 amide bonds. The van der Waals surface area contributed by atoms with Crippen LogP contribution in [0.4, 0.5) is 10.1 Å². The van der Waals surface area contributed by atoms with Gasteiger partial charge in [0.2, 0.25) is 5.91 Å². The summed E-state index contributed by atoms with van der Waals surface area (Å²) < 4.78 is 20.4. The molecule has 3 aromatic carbocycles. The number of nitrogens with one attached hydrogen (secondary N) is 1. The van der Waals surface area contributed by atoms with E-state index in [9.17, 15) is 14.0 Å². The second-order valence-corrected chi connectivity index (χ2v) is 6.88. The lowest BCUT2D eigenvalue weighted by atomic mass is 10.2. The highest BCUT2D eigenvalue weighted by molar-refractivity contribution is 6.31. The van der Waals surface area contributed by atoms with Crippen LogP contribution in [-0.4, -0.2) is 15.5 Å². The van der Waals surface area contributed by atoms with Crippen LogP contribution < -0.4 is 15.6 Å². The maximum Gasteiger partial charge on any atom is 0.261 e. The number of rotatable bonds is 5. The van der Waals surface area contributed by atoms with Crippen molar-refractivity contribution in [3.63, 3.8) is 0 Å². The molecule has 0 saturated carbocycles. The number of hydrogen-bond donors (Lipinski definition) is 1. The van der Waals surface area contributed by atoms with Gasteiger partial charge in [0, 0.05) is 5.02 Å². The molecule has 30 heavy (non-hydrogen) atoms. The lowest BCUT2D eigenvalue weighted by Crippen LogP contribution is -2.28. The summed E-state index contributed by atoms with van der Waals surface area (Å²) in [6.45, 7) is -0.310. The Labute approximate surface area is 175 Å². The Balaban J connectivity index is 1.57. The molecule has 1 heterocycles. The molecule has 0 bridgehead atoms. The van der Waals surface area contributed by atoms with Gasteiger partial charge in [-0.05, 0) is 48.5 Å². The number of hydrogen-bond acceptors (Lipinski definition) is 4. The zero-order chi connectivity index (χ0) is 21.1. The van der Waals surface area contributed by atoms with Gasteiger partial charge in [0.15, 0.2) is 5.75 Å². The molecule has 0 atom stereocenters. The molecular weight excluding hydrogens is 409 g/mol. The Morgan fingerprint density at radius 1 is 1.10 bits per heavy atom. The van der Waals surface area contributed by atoms with Gasteiger partial charge in [0.1, 0.15) is 18.1 Å². The summed E-state index contributed by atoms with van der Waals surface area (Å²) in [5, 5.41) is 3.20. The molecule has 1 aromatic heterocycles. The molecule has 8 heteroatoms. The summed E-state index contributed by atoms with van der Waals surface area (Å²) >= 11 is 6.06. The molecule has 0 unspecified atom stereocenters. The van der Waals surface area contributed by atoms with E-state index in [-0.39, 0.29) is 11.9 Å². The summed E-state index contributed by atoms with van der Waals surface area (Å²) in [5.41, 5.74) is 0.192. The van der Waals surface area contributed by atoms with Crippen LogP contribution in [0.5, 0.6) is 11.5 Å². The normalized spacial score (nSPS) is 10.7. The minimum absolute atomic E-state index is 0.0983. The topological polar surface area (TPSA) is 73.2 Å². The Morgan fingerprint density at radius 2 is 1.90 bits per heavy atom. The van der Waals surface area contributed by atoms with Gasteiger partial charge in [0.05, 0.1) is 22.9 Å². The van der Waals surface area contributed by atoms with Crippen LogP contribution in [0, 0.1) is 5.82 Å². The number of carbonyl (C=O) groups is 1. The quantitative estimate of drug-likeness (QED) is 0.508. The lowest BCUT2D eigenvalue weighted by Gasteiger charge is -2.13. The van der Waals surface area contributed by atoms with E-state index in [1.165, 1.54) is 18.5 Å². The van der Waals surface area contributed by atoms with Gasteiger partial charge in [0.25, 0.3) is 5.56 Å². The fourth-order valence-electron chi connectivity index (χ4n) is 2.89. The molecule has 6 nitrogen and oxygen atoms in total. The van der Waals surface area contributed by atoms with Gasteiger partial charge in [-0.15, -0.1) is 0 Å². The predicted molar refractivity (Wildman–Crippen MR) is 113 cm³/mol. The molecule has 4 rings (SSSR count). The van der Waals surface area contributed by atoms with Gasteiger partial charge < -0.3 is 10.1 Å². The fraction of sp³-hybridized carbons (Fsp3) is 0.0455. The molecule has 0 spiro atoms. The average molecular weight is 424 g/mol. The maximum absolute atomic E-state index is 13.5. The number of nitrogens with zero attached hydrogens (tertiary/aromatic N) is 2. The zero-order valence-electron chi connectivity index (χ0n) is 15.5. The van der Waals surface area contributed by atoms with Crippen molar-refractivity contribution >= 4 is 34.1 Å². The third-order valence-electron chi connectivity index (χ3n) is 4.29. The molecule has 0 aliphatic heterocycles. The van der Waals surface area contributed by atoms with Crippen molar-refractivity contribution < 1.29 is 13.9 Å². The van der Waals surface area contributed by atoms with Gasteiger partial charge in [-0.25, -0.2) is 9.37 Å². The summed E-state index contributed by atoms with van der Waals surface area (Å²) in [6.07, 6.45) is 1.25. The monoisotopic (exact) mass is 423 g/mol. The number of anilines is 1. The number of halogens is 2. The van der Waals surface area contributed by atoms with Gasteiger partial charge >= 0.3 is 0 Å². The Hall–Kier alpha value is -3.71. The summed E-state index contributed by atoms with van der Waals surface area (Å²) in [4.78, 5) is 29.2. The number of aromatic nitrogens is 2. The first kappa shape index (κ1) is 19.6. The van der Waals surface area contributed by atoms with Crippen molar-refractivity contribution in [1.82, 2.24) is 9.55 Å². The number of carbonyl (C=O) groups excluding carboxylic acids is 1. The van der Waals surface area contributed by atoms with Crippen molar-refractivity contribution in [2.75, 3.05) is 5.32 Å². The Morgan fingerprint density at radius 3 is 2.70 bits per heavy atom. The molecule has 150 valence electrons. The first-order valence-corrected chi connectivity index (χ1v) is 9.34. The van der Waals surface area contributed by atoms with Crippen molar-refractivity contribution in [2.24, 2.45) is 0 Å². The van der Waals surface area contributed by atoms with Crippen molar-refractivity contribution in [3.8, 4) is 11.5 Å². The van der Waals surface area contributed by atoms with E-state index in [0.717, 1.165) is 10.6 Å². The van der Waals surface area contributed by atoms with E-state index >= 15 is 0 Å². The fourth-order valence-corrected chi connectivity index (χ4v) is 3.06. The molecule has 1 N–H and O–H groups in total. The molecule has 4 aromatic rings. The van der Waals surface area contributed by atoms with Gasteiger partial charge in [-0.3, -0.25) is 14.2 Å². The van der Waals surface area contributed by atoms with E-state index in [1.807, 2.05) is 18.2 Å². The average Bonchev–Trinajstić information content (AvgIpc) is 2.73. The molecule has 0 fully saturated rings. The first-order valence-electron chi connectivity index (χ1n) is 8.96. The third-order valence-corrected chi connectivity index (χ3v) is 4.52. The summed E-state index contributed by atoms with van der Waals surface area (Å²) in [6, 6.07) is 17.6. The van der Waals surface area contributed by atoms with Crippen molar-refractivity contribution in [2.45, 2.75) is 6.54 Å². The minimum Gasteiger partial charge on any atom is -0.455 e.